The molecule has 0 N–H and O–H groups in total. The minimum Gasteiger partial charge on any atom is -0.258 e. The lowest BCUT2D eigenvalue weighted by atomic mass is 10.1. The van der Waals surface area contributed by atoms with Crippen LogP contribution in [0.15, 0.2) is 47.4 Å². The molecule has 0 bridgehead atoms. The van der Waals surface area contributed by atoms with Crippen molar-refractivity contribution in [1.29, 1.82) is 0 Å². The third kappa shape index (κ3) is 3.47. The number of nitro benzene ring substituents is 1. The number of benzene rings is 2. The van der Waals surface area contributed by atoms with Crippen molar-refractivity contribution in [2.45, 2.75) is 31.7 Å². The molecular weight excluding hydrogens is 328 g/mol. The summed E-state index contributed by atoms with van der Waals surface area (Å²) in [6.07, 6.45) is 0. The first-order chi connectivity index (χ1) is 11.1. The maximum Gasteiger partial charge on any atom is 0.269 e. The minimum atomic E-state index is -3.70. The summed E-state index contributed by atoms with van der Waals surface area (Å²) in [4.78, 5) is 10.6. The molecule has 0 radical (unpaired) electrons. The molecule has 0 fully saturated rings. The van der Waals surface area contributed by atoms with Gasteiger partial charge in [-0.25, -0.2) is 8.42 Å². The maximum absolute atomic E-state index is 12.8. The Labute approximate surface area is 141 Å². The molecule has 1 atom stereocenters. The van der Waals surface area contributed by atoms with Crippen molar-refractivity contribution in [1.82, 2.24) is 4.31 Å². The molecular formula is C17H20N2O4S. The standard InChI is InChI=1S/C17H20N2O4S/c1-12-8-9-17(10-13(12)2)24(22,23)18(4)14(3)15-6-5-7-16(11-15)19(20)21/h5-11,14H,1-4H3/t14-/m1/s1. The lowest BCUT2D eigenvalue weighted by Gasteiger charge is -2.25. The molecule has 0 aliphatic heterocycles. The van der Waals surface area contributed by atoms with Gasteiger partial charge in [-0.05, 0) is 49.6 Å². The fraction of sp³-hybridized carbons (Fsp3) is 0.294. The molecule has 0 aliphatic carbocycles. The van der Waals surface area contributed by atoms with Gasteiger partial charge in [0.1, 0.15) is 0 Å². The SMILES string of the molecule is Cc1ccc(S(=O)(=O)N(C)[C@H](C)c2cccc([N+](=O)[O-])c2)cc1C. The Morgan fingerprint density at radius 3 is 2.33 bits per heavy atom. The highest BCUT2D eigenvalue weighted by atomic mass is 32.2. The highest BCUT2D eigenvalue weighted by Crippen LogP contribution is 2.28. The van der Waals surface area contributed by atoms with E-state index in [2.05, 4.69) is 0 Å². The van der Waals surface area contributed by atoms with E-state index >= 15 is 0 Å². The van der Waals surface area contributed by atoms with Gasteiger partial charge in [0.05, 0.1) is 9.82 Å². The van der Waals surface area contributed by atoms with Crippen molar-refractivity contribution in [3.05, 3.63) is 69.3 Å². The van der Waals surface area contributed by atoms with Crippen LogP contribution in [-0.2, 0) is 10.0 Å². The van der Waals surface area contributed by atoms with Crippen LogP contribution < -0.4 is 0 Å². The van der Waals surface area contributed by atoms with Gasteiger partial charge >= 0.3 is 0 Å². The molecule has 2 aromatic carbocycles. The number of hydrogen-bond acceptors (Lipinski definition) is 4. The first kappa shape index (κ1) is 18.1. The van der Waals surface area contributed by atoms with Crippen LogP contribution in [0, 0.1) is 24.0 Å². The van der Waals surface area contributed by atoms with E-state index in [-0.39, 0.29) is 10.6 Å². The number of sulfonamides is 1. The maximum atomic E-state index is 12.8. The van der Waals surface area contributed by atoms with Crippen molar-refractivity contribution < 1.29 is 13.3 Å². The van der Waals surface area contributed by atoms with E-state index in [4.69, 9.17) is 0 Å². The summed E-state index contributed by atoms with van der Waals surface area (Å²) < 4.78 is 26.9. The lowest BCUT2D eigenvalue weighted by molar-refractivity contribution is -0.384. The molecule has 2 aromatic rings. The van der Waals surface area contributed by atoms with E-state index in [9.17, 15) is 18.5 Å². The van der Waals surface area contributed by atoms with E-state index < -0.39 is 21.0 Å². The second-order valence-electron chi connectivity index (χ2n) is 5.80. The Morgan fingerprint density at radius 2 is 1.75 bits per heavy atom. The summed E-state index contributed by atoms with van der Waals surface area (Å²) in [5.74, 6) is 0. The second-order valence-corrected chi connectivity index (χ2v) is 7.79. The van der Waals surface area contributed by atoms with E-state index in [1.165, 1.54) is 23.5 Å². The average molecular weight is 348 g/mol. The zero-order valence-electron chi connectivity index (χ0n) is 14.1. The van der Waals surface area contributed by atoms with Crippen LogP contribution in [0.4, 0.5) is 5.69 Å². The van der Waals surface area contributed by atoms with Crippen molar-refractivity contribution in [3.8, 4) is 0 Å². The highest BCUT2D eigenvalue weighted by Gasteiger charge is 2.27. The fourth-order valence-corrected chi connectivity index (χ4v) is 3.79. The Bertz CT molecular complexity index is 878. The Morgan fingerprint density at radius 1 is 1.08 bits per heavy atom. The third-order valence-electron chi connectivity index (χ3n) is 4.26. The van der Waals surface area contributed by atoms with Gasteiger partial charge in [0.15, 0.2) is 0 Å². The molecule has 2 rings (SSSR count). The summed E-state index contributed by atoms with van der Waals surface area (Å²) in [7, 11) is -2.22. The van der Waals surface area contributed by atoms with Gasteiger partial charge in [-0.15, -0.1) is 0 Å². The molecule has 0 unspecified atom stereocenters. The largest absolute Gasteiger partial charge is 0.269 e. The summed E-state index contributed by atoms with van der Waals surface area (Å²) in [6, 6.07) is 10.5. The third-order valence-corrected chi connectivity index (χ3v) is 6.19. The summed E-state index contributed by atoms with van der Waals surface area (Å²) in [5, 5.41) is 10.9. The first-order valence-corrected chi connectivity index (χ1v) is 8.88. The molecule has 0 aromatic heterocycles. The zero-order chi connectivity index (χ0) is 18.1. The van der Waals surface area contributed by atoms with E-state index in [0.29, 0.717) is 5.56 Å². The molecule has 0 saturated heterocycles. The number of aryl methyl sites for hydroxylation is 2. The molecule has 7 heteroatoms. The molecule has 0 aliphatic rings. The molecule has 128 valence electrons. The van der Waals surface area contributed by atoms with Gasteiger partial charge in [-0.2, -0.15) is 4.31 Å². The molecule has 6 nitrogen and oxygen atoms in total. The number of non-ortho nitro benzene ring substituents is 1. The van der Waals surface area contributed by atoms with Gasteiger partial charge in [0, 0.05) is 25.2 Å². The van der Waals surface area contributed by atoms with Crippen LogP contribution >= 0.6 is 0 Å². The number of rotatable bonds is 5. The Balaban J connectivity index is 2.38. The van der Waals surface area contributed by atoms with Crippen LogP contribution in [0.1, 0.15) is 29.7 Å². The predicted molar refractivity (Wildman–Crippen MR) is 92.4 cm³/mol. The molecule has 0 amide bonds. The number of hydrogen-bond donors (Lipinski definition) is 0. The molecule has 0 spiro atoms. The fourth-order valence-electron chi connectivity index (χ4n) is 2.36. The van der Waals surface area contributed by atoms with Crippen molar-refractivity contribution in [3.63, 3.8) is 0 Å². The van der Waals surface area contributed by atoms with Crippen molar-refractivity contribution >= 4 is 15.7 Å². The average Bonchev–Trinajstić information content (AvgIpc) is 2.55. The highest BCUT2D eigenvalue weighted by molar-refractivity contribution is 7.89. The molecule has 0 heterocycles. The zero-order valence-corrected chi connectivity index (χ0v) is 14.9. The molecule has 24 heavy (non-hydrogen) atoms. The summed E-state index contributed by atoms with van der Waals surface area (Å²) >= 11 is 0. The van der Waals surface area contributed by atoms with Crippen molar-refractivity contribution in [2.24, 2.45) is 0 Å². The lowest BCUT2D eigenvalue weighted by Crippen LogP contribution is -2.30. The van der Waals surface area contributed by atoms with Gasteiger partial charge in [-0.3, -0.25) is 10.1 Å². The normalized spacial score (nSPS) is 13.0. The summed E-state index contributed by atoms with van der Waals surface area (Å²) in [5.41, 5.74) is 2.42. The number of nitrogens with zero attached hydrogens (tertiary/aromatic N) is 2. The van der Waals surface area contributed by atoms with Crippen LogP contribution in [0.5, 0.6) is 0 Å². The van der Waals surface area contributed by atoms with Gasteiger partial charge in [-0.1, -0.05) is 18.2 Å². The monoisotopic (exact) mass is 348 g/mol. The smallest absolute Gasteiger partial charge is 0.258 e. The van der Waals surface area contributed by atoms with Gasteiger partial charge < -0.3 is 0 Å². The van der Waals surface area contributed by atoms with E-state index in [1.807, 2.05) is 13.8 Å². The number of nitro groups is 1. The Kier molecular flexibility index (Phi) is 5.05. The van der Waals surface area contributed by atoms with E-state index in [1.54, 1.807) is 37.3 Å². The first-order valence-electron chi connectivity index (χ1n) is 7.44. The van der Waals surface area contributed by atoms with Crippen LogP contribution in [0.2, 0.25) is 0 Å². The Hall–Kier alpha value is -2.25. The quantitative estimate of drug-likeness (QED) is 0.611. The van der Waals surface area contributed by atoms with Gasteiger partial charge in [0.25, 0.3) is 5.69 Å². The van der Waals surface area contributed by atoms with Gasteiger partial charge in [0.2, 0.25) is 10.0 Å². The van der Waals surface area contributed by atoms with E-state index in [0.717, 1.165) is 11.1 Å². The molecule has 0 saturated carbocycles. The second kappa shape index (κ2) is 6.70. The summed E-state index contributed by atoms with van der Waals surface area (Å²) in [6.45, 7) is 5.48. The topological polar surface area (TPSA) is 80.5 Å². The van der Waals surface area contributed by atoms with Crippen LogP contribution in [-0.4, -0.2) is 24.7 Å². The van der Waals surface area contributed by atoms with Crippen LogP contribution in [0.25, 0.3) is 0 Å². The van der Waals surface area contributed by atoms with Crippen molar-refractivity contribution in [2.75, 3.05) is 7.05 Å². The van der Waals surface area contributed by atoms with Crippen LogP contribution in [0.3, 0.4) is 0 Å². The minimum absolute atomic E-state index is 0.0590. The predicted octanol–water partition coefficient (Wildman–Crippen LogP) is 3.59.